The molecular formula is C14H20O6-2. The molecule has 2 aliphatic heterocycles. The number of carboxylic acids is 2. The summed E-state index contributed by atoms with van der Waals surface area (Å²) in [6, 6.07) is 0. The van der Waals surface area contributed by atoms with E-state index in [0.717, 1.165) is 0 Å². The Morgan fingerprint density at radius 2 is 1.55 bits per heavy atom. The molecule has 114 valence electrons. The molecule has 0 N–H and O–H groups in total. The molecule has 2 atom stereocenters. The first-order chi connectivity index (χ1) is 9.19. The maximum absolute atomic E-state index is 11.7. The molecule has 2 fully saturated rings. The van der Waals surface area contributed by atoms with Crippen molar-refractivity contribution < 1.29 is 29.3 Å². The van der Waals surface area contributed by atoms with Crippen LogP contribution in [0.5, 0.6) is 0 Å². The van der Waals surface area contributed by atoms with Crippen molar-refractivity contribution in [3.05, 3.63) is 0 Å². The average molecular weight is 284 g/mol. The highest BCUT2D eigenvalue weighted by molar-refractivity contribution is 5.73. The average Bonchev–Trinajstić information content (AvgIpc) is 3.20. The summed E-state index contributed by atoms with van der Waals surface area (Å²) in [5.74, 6) is -2.32. The van der Waals surface area contributed by atoms with Crippen LogP contribution >= 0.6 is 0 Å². The first kappa shape index (κ1) is 15.3. The number of rotatable bonds is 9. The van der Waals surface area contributed by atoms with Crippen molar-refractivity contribution >= 4 is 11.9 Å². The summed E-state index contributed by atoms with van der Waals surface area (Å²) >= 11 is 0. The molecule has 0 aromatic carbocycles. The summed E-state index contributed by atoms with van der Waals surface area (Å²) in [6.45, 7) is 4.78. The largest absolute Gasteiger partial charge is 0.550 e. The number of epoxide rings is 2. The van der Waals surface area contributed by atoms with E-state index in [1.165, 1.54) is 0 Å². The molecule has 0 aromatic rings. The van der Waals surface area contributed by atoms with Crippen LogP contribution in [-0.4, -0.2) is 36.4 Å². The van der Waals surface area contributed by atoms with Crippen molar-refractivity contribution in [2.75, 3.05) is 13.2 Å². The van der Waals surface area contributed by atoms with Gasteiger partial charge in [0.25, 0.3) is 0 Å². The smallest absolute Gasteiger partial charge is 0.0897 e. The Morgan fingerprint density at radius 3 is 1.85 bits per heavy atom. The zero-order chi connectivity index (χ0) is 15.0. The van der Waals surface area contributed by atoms with Gasteiger partial charge in [-0.15, -0.1) is 0 Å². The van der Waals surface area contributed by atoms with E-state index in [9.17, 15) is 19.8 Å². The predicted molar refractivity (Wildman–Crippen MR) is 64.2 cm³/mol. The third-order valence-electron chi connectivity index (χ3n) is 4.17. The second-order valence-electron chi connectivity index (χ2n) is 6.62. The lowest BCUT2D eigenvalue weighted by molar-refractivity contribution is -0.322. The third-order valence-corrected chi connectivity index (χ3v) is 4.17. The minimum absolute atomic E-state index is 0.149. The second-order valence-corrected chi connectivity index (χ2v) is 6.62. The number of hydrogen-bond donors (Lipinski definition) is 0. The number of ether oxygens (including phenoxy) is 2. The van der Waals surface area contributed by atoms with Crippen molar-refractivity contribution in [3.63, 3.8) is 0 Å². The van der Waals surface area contributed by atoms with Crippen LogP contribution in [0.15, 0.2) is 0 Å². The Labute approximate surface area is 118 Å². The Balaban J connectivity index is 2.09. The first-order valence-corrected chi connectivity index (χ1v) is 6.88. The number of carbonyl (C=O) groups excluding carboxylic acids is 2. The van der Waals surface area contributed by atoms with Crippen LogP contribution in [0.2, 0.25) is 0 Å². The van der Waals surface area contributed by atoms with E-state index >= 15 is 0 Å². The van der Waals surface area contributed by atoms with Gasteiger partial charge in [-0.2, -0.15) is 0 Å². The molecule has 6 nitrogen and oxygen atoms in total. The van der Waals surface area contributed by atoms with Crippen LogP contribution in [0.4, 0.5) is 0 Å². The maximum Gasteiger partial charge on any atom is 0.0897 e. The molecule has 0 aromatic heterocycles. The van der Waals surface area contributed by atoms with Gasteiger partial charge in [0, 0.05) is 17.4 Å². The predicted octanol–water partition coefficient (Wildman–Crippen LogP) is -0.999. The van der Waals surface area contributed by atoms with E-state index in [0.29, 0.717) is 26.1 Å². The molecule has 2 aliphatic rings. The molecule has 6 heteroatoms. The molecule has 0 amide bonds. The fourth-order valence-electron chi connectivity index (χ4n) is 2.94. The van der Waals surface area contributed by atoms with Gasteiger partial charge in [0.05, 0.1) is 24.4 Å². The molecule has 0 aliphatic carbocycles. The van der Waals surface area contributed by atoms with Crippen LogP contribution in [0.1, 0.15) is 46.0 Å². The van der Waals surface area contributed by atoms with Gasteiger partial charge in [0.15, 0.2) is 0 Å². The quantitative estimate of drug-likeness (QED) is 0.503. The van der Waals surface area contributed by atoms with Gasteiger partial charge in [0.1, 0.15) is 0 Å². The monoisotopic (exact) mass is 284 g/mol. The zero-order valence-corrected chi connectivity index (χ0v) is 11.9. The number of aliphatic carboxylic acids is 2. The van der Waals surface area contributed by atoms with E-state index in [-0.39, 0.29) is 19.3 Å². The standard InChI is InChI=1S/C14H22O6/c1-12(8-19-12)6-14(11(17)18,5-3-4-10(15)16)7-13(2)9-20-13/h3-9H2,1-2H3,(H,15,16)(H,17,18)/p-2. The van der Waals surface area contributed by atoms with Crippen LogP contribution in [-0.2, 0) is 19.1 Å². The van der Waals surface area contributed by atoms with Crippen LogP contribution in [0.25, 0.3) is 0 Å². The van der Waals surface area contributed by atoms with Gasteiger partial charge >= 0.3 is 0 Å². The van der Waals surface area contributed by atoms with Gasteiger partial charge < -0.3 is 29.3 Å². The summed E-state index contributed by atoms with van der Waals surface area (Å²) in [5.41, 5.74) is -1.98. The molecule has 20 heavy (non-hydrogen) atoms. The number of carbonyl (C=O) groups is 2. The van der Waals surface area contributed by atoms with Gasteiger partial charge in [-0.05, 0) is 46.0 Å². The maximum atomic E-state index is 11.7. The Morgan fingerprint density at radius 1 is 1.10 bits per heavy atom. The summed E-state index contributed by atoms with van der Waals surface area (Å²) in [5, 5.41) is 22.2. The summed E-state index contributed by atoms with van der Waals surface area (Å²) < 4.78 is 10.6. The second kappa shape index (κ2) is 5.00. The van der Waals surface area contributed by atoms with Crippen molar-refractivity contribution in [1.82, 2.24) is 0 Å². The lowest BCUT2D eigenvalue weighted by Gasteiger charge is -2.38. The van der Waals surface area contributed by atoms with Crippen molar-refractivity contribution in [2.24, 2.45) is 5.41 Å². The highest BCUT2D eigenvalue weighted by atomic mass is 16.6. The summed E-state index contributed by atoms with van der Waals surface area (Å²) in [6.07, 6.45) is 0.997. The molecule has 2 heterocycles. The molecule has 0 bridgehead atoms. The lowest BCUT2D eigenvalue weighted by atomic mass is 9.70. The van der Waals surface area contributed by atoms with Gasteiger partial charge in [-0.25, -0.2) is 0 Å². The molecule has 2 unspecified atom stereocenters. The highest BCUT2D eigenvalue weighted by Gasteiger charge is 2.53. The Bertz CT molecular complexity index is 388. The van der Waals surface area contributed by atoms with E-state index in [4.69, 9.17) is 9.47 Å². The SMILES string of the molecule is CC1(CC(CCCC(=O)[O-])(CC2(C)CO2)C(=O)[O-])CO1. The minimum Gasteiger partial charge on any atom is -0.550 e. The van der Waals surface area contributed by atoms with Gasteiger partial charge in [-0.3, -0.25) is 0 Å². The van der Waals surface area contributed by atoms with E-state index in [2.05, 4.69) is 0 Å². The minimum atomic E-state index is -1.17. The van der Waals surface area contributed by atoms with Crippen molar-refractivity contribution in [3.8, 4) is 0 Å². The van der Waals surface area contributed by atoms with Crippen molar-refractivity contribution in [2.45, 2.75) is 57.2 Å². The van der Waals surface area contributed by atoms with Crippen LogP contribution in [0, 0.1) is 5.41 Å². The Hall–Kier alpha value is -1.14. The van der Waals surface area contributed by atoms with Crippen LogP contribution in [0.3, 0.4) is 0 Å². The summed E-state index contributed by atoms with van der Waals surface area (Å²) in [4.78, 5) is 22.2. The molecule has 0 spiro atoms. The molecule has 0 saturated carbocycles. The Kier molecular flexibility index (Phi) is 3.81. The van der Waals surface area contributed by atoms with Crippen LogP contribution < -0.4 is 10.2 Å². The topological polar surface area (TPSA) is 105 Å². The molecular weight excluding hydrogens is 264 g/mol. The molecule has 0 radical (unpaired) electrons. The van der Waals surface area contributed by atoms with E-state index in [1.807, 2.05) is 13.8 Å². The highest BCUT2D eigenvalue weighted by Crippen LogP contribution is 2.49. The number of carboxylic acid groups (broad SMARTS) is 2. The van der Waals surface area contributed by atoms with E-state index < -0.39 is 28.6 Å². The molecule has 2 rings (SSSR count). The van der Waals surface area contributed by atoms with Gasteiger partial charge in [0.2, 0.25) is 0 Å². The summed E-state index contributed by atoms with van der Waals surface area (Å²) in [7, 11) is 0. The fourth-order valence-corrected chi connectivity index (χ4v) is 2.94. The fraction of sp³-hybridized carbons (Fsp3) is 0.857. The van der Waals surface area contributed by atoms with E-state index in [1.54, 1.807) is 0 Å². The first-order valence-electron chi connectivity index (χ1n) is 6.88. The number of hydrogen-bond acceptors (Lipinski definition) is 6. The van der Waals surface area contributed by atoms with Crippen molar-refractivity contribution in [1.29, 1.82) is 0 Å². The zero-order valence-electron chi connectivity index (χ0n) is 11.9. The third kappa shape index (κ3) is 3.70. The normalized spacial score (nSPS) is 34.3. The molecule has 2 saturated heterocycles. The lowest BCUT2D eigenvalue weighted by Crippen LogP contribution is -2.47. The van der Waals surface area contributed by atoms with Gasteiger partial charge in [-0.1, -0.05) is 0 Å².